The molecule has 0 spiro atoms. The van der Waals surface area contributed by atoms with Crippen LogP contribution in [0.15, 0.2) is 30.6 Å². The van der Waals surface area contributed by atoms with Gasteiger partial charge in [-0.1, -0.05) is 0 Å². The number of methoxy groups -OCH3 is 1. The summed E-state index contributed by atoms with van der Waals surface area (Å²) >= 11 is 0. The van der Waals surface area contributed by atoms with E-state index in [9.17, 15) is 0 Å². The molecule has 0 radical (unpaired) electrons. The Hall–Kier alpha value is -3.20. The quantitative estimate of drug-likeness (QED) is 0.597. The third-order valence-electron chi connectivity index (χ3n) is 4.47. The Labute approximate surface area is 162 Å². The average Bonchev–Trinajstić information content (AvgIpc) is 3.17. The van der Waals surface area contributed by atoms with Crippen molar-refractivity contribution in [3.63, 3.8) is 0 Å². The van der Waals surface area contributed by atoms with Gasteiger partial charge in [0, 0.05) is 18.3 Å². The fourth-order valence-corrected chi connectivity index (χ4v) is 3.10. The van der Waals surface area contributed by atoms with Crippen LogP contribution in [0.2, 0.25) is 0 Å². The van der Waals surface area contributed by atoms with E-state index in [0.29, 0.717) is 23.4 Å². The van der Waals surface area contributed by atoms with Crippen molar-refractivity contribution >= 4 is 11.6 Å². The zero-order valence-corrected chi connectivity index (χ0v) is 15.9. The van der Waals surface area contributed by atoms with Crippen molar-refractivity contribution in [2.45, 2.75) is 25.9 Å². The Morgan fingerprint density at radius 2 is 2.11 bits per heavy atom. The SMILES string of the molecule is COc1nc(C)ccc1-c1cc(Nc2cncc(O[C@@H]3CCCNC3)n2)n[nH]1. The lowest BCUT2D eigenvalue weighted by Gasteiger charge is -2.23. The van der Waals surface area contributed by atoms with Gasteiger partial charge in [-0.2, -0.15) is 10.1 Å². The van der Waals surface area contributed by atoms with Gasteiger partial charge in [0.25, 0.3) is 0 Å². The van der Waals surface area contributed by atoms with E-state index in [-0.39, 0.29) is 6.10 Å². The van der Waals surface area contributed by atoms with Crippen molar-refractivity contribution in [2.24, 2.45) is 0 Å². The molecule has 3 aromatic heterocycles. The number of aromatic amines is 1. The summed E-state index contributed by atoms with van der Waals surface area (Å²) in [5.74, 6) is 2.22. The molecule has 0 amide bonds. The van der Waals surface area contributed by atoms with Crippen molar-refractivity contribution in [3.05, 3.63) is 36.3 Å². The first kappa shape index (κ1) is 18.2. The van der Waals surface area contributed by atoms with Gasteiger partial charge >= 0.3 is 0 Å². The molecule has 1 fully saturated rings. The van der Waals surface area contributed by atoms with Crippen LogP contribution < -0.4 is 20.1 Å². The summed E-state index contributed by atoms with van der Waals surface area (Å²) in [6.45, 7) is 3.79. The smallest absolute Gasteiger partial charge is 0.234 e. The lowest BCUT2D eigenvalue weighted by Crippen LogP contribution is -2.37. The molecule has 146 valence electrons. The molecule has 3 N–H and O–H groups in total. The number of ether oxygens (including phenoxy) is 2. The van der Waals surface area contributed by atoms with Crippen LogP contribution >= 0.6 is 0 Å². The maximum absolute atomic E-state index is 5.92. The lowest BCUT2D eigenvalue weighted by molar-refractivity contribution is 0.160. The molecular weight excluding hydrogens is 358 g/mol. The topological polar surface area (TPSA) is 110 Å². The van der Waals surface area contributed by atoms with Gasteiger partial charge in [0.05, 0.1) is 30.8 Å². The van der Waals surface area contributed by atoms with Gasteiger partial charge in [-0.3, -0.25) is 10.1 Å². The monoisotopic (exact) mass is 381 g/mol. The van der Waals surface area contributed by atoms with E-state index in [2.05, 4.69) is 35.8 Å². The summed E-state index contributed by atoms with van der Waals surface area (Å²) in [5.41, 5.74) is 2.51. The molecule has 0 aromatic carbocycles. The van der Waals surface area contributed by atoms with Gasteiger partial charge in [-0.05, 0) is 38.4 Å². The number of piperidine rings is 1. The predicted molar refractivity (Wildman–Crippen MR) is 105 cm³/mol. The van der Waals surface area contributed by atoms with E-state index in [0.717, 1.165) is 42.9 Å². The largest absolute Gasteiger partial charge is 0.480 e. The molecule has 3 aromatic rings. The predicted octanol–water partition coefficient (Wildman–Crippen LogP) is 2.45. The molecule has 0 saturated carbocycles. The zero-order chi connectivity index (χ0) is 19.3. The van der Waals surface area contributed by atoms with Crippen molar-refractivity contribution < 1.29 is 9.47 Å². The Bertz CT molecular complexity index is 938. The number of rotatable bonds is 6. The number of H-pyrrole nitrogens is 1. The molecule has 1 aliphatic heterocycles. The molecule has 0 unspecified atom stereocenters. The van der Waals surface area contributed by atoms with Gasteiger partial charge in [-0.15, -0.1) is 0 Å². The lowest BCUT2D eigenvalue weighted by atomic mass is 10.1. The molecule has 1 atom stereocenters. The van der Waals surface area contributed by atoms with Crippen LogP contribution in [-0.4, -0.2) is 51.5 Å². The second kappa shape index (κ2) is 8.22. The number of anilines is 2. The van der Waals surface area contributed by atoms with E-state index in [1.165, 1.54) is 0 Å². The van der Waals surface area contributed by atoms with E-state index in [1.807, 2.05) is 25.1 Å². The number of aryl methyl sites for hydroxylation is 1. The van der Waals surface area contributed by atoms with E-state index in [4.69, 9.17) is 9.47 Å². The van der Waals surface area contributed by atoms with E-state index in [1.54, 1.807) is 19.5 Å². The number of nitrogens with one attached hydrogen (secondary N) is 3. The third-order valence-corrected chi connectivity index (χ3v) is 4.47. The summed E-state index contributed by atoms with van der Waals surface area (Å²) in [6.07, 6.45) is 5.49. The van der Waals surface area contributed by atoms with Crippen LogP contribution in [0.3, 0.4) is 0 Å². The number of aromatic nitrogens is 5. The second-order valence-electron chi connectivity index (χ2n) is 6.63. The fraction of sp³-hybridized carbons (Fsp3) is 0.368. The van der Waals surface area contributed by atoms with Crippen molar-refractivity contribution in [1.82, 2.24) is 30.5 Å². The average molecular weight is 381 g/mol. The summed E-state index contributed by atoms with van der Waals surface area (Å²) < 4.78 is 11.3. The minimum atomic E-state index is 0.122. The van der Waals surface area contributed by atoms with Crippen LogP contribution in [-0.2, 0) is 0 Å². The van der Waals surface area contributed by atoms with Crippen LogP contribution in [0, 0.1) is 6.92 Å². The highest BCUT2D eigenvalue weighted by atomic mass is 16.5. The number of hydrogen-bond donors (Lipinski definition) is 3. The molecule has 4 rings (SSSR count). The van der Waals surface area contributed by atoms with Gasteiger partial charge < -0.3 is 20.1 Å². The number of hydrogen-bond acceptors (Lipinski definition) is 8. The highest BCUT2D eigenvalue weighted by Gasteiger charge is 2.16. The third kappa shape index (κ3) is 4.20. The summed E-state index contributed by atoms with van der Waals surface area (Å²) in [5, 5.41) is 13.8. The second-order valence-corrected chi connectivity index (χ2v) is 6.63. The zero-order valence-electron chi connectivity index (χ0n) is 15.9. The molecule has 28 heavy (non-hydrogen) atoms. The summed E-state index contributed by atoms with van der Waals surface area (Å²) in [4.78, 5) is 13.1. The highest BCUT2D eigenvalue weighted by Crippen LogP contribution is 2.29. The minimum absolute atomic E-state index is 0.122. The first-order valence-electron chi connectivity index (χ1n) is 9.25. The minimum Gasteiger partial charge on any atom is -0.480 e. The number of pyridine rings is 1. The Kier molecular flexibility index (Phi) is 5.34. The molecule has 0 bridgehead atoms. The molecule has 1 aliphatic rings. The first-order valence-corrected chi connectivity index (χ1v) is 9.25. The summed E-state index contributed by atoms with van der Waals surface area (Å²) in [7, 11) is 1.60. The molecule has 4 heterocycles. The van der Waals surface area contributed by atoms with Gasteiger partial charge in [0.2, 0.25) is 11.8 Å². The van der Waals surface area contributed by atoms with Gasteiger partial charge in [0.1, 0.15) is 6.10 Å². The molecular formula is C19H23N7O2. The molecule has 0 aliphatic carbocycles. The Morgan fingerprint density at radius 3 is 2.93 bits per heavy atom. The Balaban J connectivity index is 1.47. The van der Waals surface area contributed by atoms with Crippen LogP contribution in [0.1, 0.15) is 18.5 Å². The van der Waals surface area contributed by atoms with E-state index < -0.39 is 0 Å². The van der Waals surface area contributed by atoms with Crippen LogP contribution in [0.5, 0.6) is 11.8 Å². The van der Waals surface area contributed by atoms with E-state index >= 15 is 0 Å². The van der Waals surface area contributed by atoms with Gasteiger partial charge in [0.15, 0.2) is 11.6 Å². The van der Waals surface area contributed by atoms with Crippen molar-refractivity contribution in [1.29, 1.82) is 0 Å². The van der Waals surface area contributed by atoms with Gasteiger partial charge in [-0.25, -0.2) is 4.98 Å². The normalized spacial score (nSPS) is 16.6. The molecule has 1 saturated heterocycles. The van der Waals surface area contributed by atoms with Crippen molar-refractivity contribution in [3.8, 4) is 23.0 Å². The fourth-order valence-electron chi connectivity index (χ4n) is 3.10. The summed E-state index contributed by atoms with van der Waals surface area (Å²) in [6, 6.07) is 5.75. The highest BCUT2D eigenvalue weighted by molar-refractivity contribution is 5.69. The number of nitrogens with zero attached hydrogens (tertiary/aromatic N) is 4. The standard InChI is InChI=1S/C19H23N7O2/c1-12-5-6-14(19(22-12)27-2)15-8-16(26-25-15)23-17-10-21-11-18(24-17)28-13-4-3-7-20-9-13/h5-6,8,10-11,13,20H,3-4,7,9H2,1-2H3,(H2,23,24,25,26)/t13-/m1/s1. The molecule has 9 heteroatoms. The molecule has 9 nitrogen and oxygen atoms in total. The van der Waals surface area contributed by atoms with Crippen LogP contribution in [0.25, 0.3) is 11.3 Å². The first-order chi connectivity index (χ1) is 13.7. The Morgan fingerprint density at radius 1 is 1.18 bits per heavy atom. The van der Waals surface area contributed by atoms with Crippen molar-refractivity contribution in [2.75, 3.05) is 25.5 Å². The van der Waals surface area contributed by atoms with Crippen LogP contribution in [0.4, 0.5) is 11.6 Å². The maximum Gasteiger partial charge on any atom is 0.234 e. The maximum atomic E-state index is 5.92.